The second-order valence-corrected chi connectivity index (χ2v) is 9.09. The molecule has 1 atom stereocenters. The van der Waals surface area contributed by atoms with Crippen LogP contribution in [0.15, 0.2) is 0 Å². The van der Waals surface area contributed by atoms with Crippen LogP contribution in [0, 0.1) is 5.92 Å². The summed E-state index contributed by atoms with van der Waals surface area (Å²) < 4.78 is 27.0. The highest BCUT2D eigenvalue weighted by Gasteiger charge is 2.30. The van der Waals surface area contributed by atoms with E-state index in [1.807, 2.05) is 11.9 Å². The number of hydrogen-bond donors (Lipinski definition) is 1. The third kappa shape index (κ3) is 5.72. The van der Waals surface area contributed by atoms with E-state index in [0.717, 1.165) is 38.5 Å². The molecule has 7 heteroatoms. The van der Waals surface area contributed by atoms with Gasteiger partial charge in [-0.1, -0.05) is 19.3 Å². The number of rotatable bonds is 6. The van der Waals surface area contributed by atoms with E-state index in [1.165, 1.54) is 6.42 Å². The molecule has 0 aromatic carbocycles. The third-order valence-electron chi connectivity index (χ3n) is 5.23. The standard InChI is InChI=1S/C16H30N2O4S/c1-17(12-16(19)20)15-8-5-10-18(11-9-15)23(21,22)13-14-6-3-2-4-7-14/h14-15H,2-13H2,1H3,(H,19,20). The summed E-state index contributed by atoms with van der Waals surface area (Å²) in [7, 11) is -1.37. The third-order valence-corrected chi connectivity index (χ3v) is 7.27. The first-order valence-corrected chi connectivity index (χ1v) is 10.4. The Morgan fingerprint density at radius 1 is 1.09 bits per heavy atom. The molecule has 2 rings (SSSR count). The van der Waals surface area contributed by atoms with Crippen LogP contribution in [0.2, 0.25) is 0 Å². The number of carbonyl (C=O) groups is 1. The zero-order valence-corrected chi connectivity index (χ0v) is 14.9. The van der Waals surface area contributed by atoms with Gasteiger partial charge in [-0.2, -0.15) is 0 Å². The number of carboxylic acids is 1. The highest BCUT2D eigenvalue weighted by atomic mass is 32.2. The fraction of sp³-hybridized carbons (Fsp3) is 0.938. The topological polar surface area (TPSA) is 77.9 Å². The van der Waals surface area contributed by atoms with Crippen molar-refractivity contribution >= 4 is 16.0 Å². The Labute approximate surface area is 139 Å². The van der Waals surface area contributed by atoms with Gasteiger partial charge in [0.25, 0.3) is 0 Å². The molecule has 0 aromatic heterocycles. The Bertz CT molecular complexity index is 488. The molecule has 0 amide bonds. The van der Waals surface area contributed by atoms with Crippen LogP contribution in [-0.2, 0) is 14.8 Å². The van der Waals surface area contributed by atoms with Gasteiger partial charge in [-0.3, -0.25) is 9.69 Å². The molecule has 6 nitrogen and oxygen atoms in total. The number of sulfonamides is 1. The molecule has 1 aliphatic carbocycles. The first-order chi connectivity index (χ1) is 10.9. The van der Waals surface area contributed by atoms with Gasteiger partial charge in [-0.05, 0) is 45.1 Å². The van der Waals surface area contributed by atoms with Gasteiger partial charge in [-0.15, -0.1) is 0 Å². The molecule has 0 radical (unpaired) electrons. The molecule has 1 saturated carbocycles. The van der Waals surface area contributed by atoms with Gasteiger partial charge in [0.1, 0.15) is 0 Å². The second-order valence-electron chi connectivity index (χ2n) is 7.08. The summed E-state index contributed by atoms with van der Waals surface area (Å²) in [6.45, 7) is 1.11. The van der Waals surface area contributed by atoms with Crippen LogP contribution in [0.4, 0.5) is 0 Å². The lowest BCUT2D eigenvalue weighted by atomic mass is 9.91. The van der Waals surface area contributed by atoms with Crippen molar-refractivity contribution in [3.05, 3.63) is 0 Å². The van der Waals surface area contributed by atoms with E-state index < -0.39 is 16.0 Å². The number of hydrogen-bond acceptors (Lipinski definition) is 4. The van der Waals surface area contributed by atoms with Gasteiger partial charge in [0.05, 0.1) is 12.3 Å². The van der Waals surface area contributed by atoms with Crippen LogP contribution in [0.3, 0.4) is 0 Å². The number of nitrogens with zero attached hydrogens (tertiary/aromatic N) is 2. The molecule has 0 aromatic rings. The molecule has 1 unspecified atom stereocenters. The Morgan fingerprint density at radius 2 is 1.78 bits per heavy atom. The summed E-state index contributed by atoms with van der Waals surface area (Å²) in [5.41, 5.74) is 0. The summed E-state index contributed by atoms with van der Waals surface area (Å²) in [6, 6.07) is 0.154. The van der Waals surface area contributed by atoms with Crippen molar-refractivity contribution in [1.82, 2.24) is 9.21 Å². The Balaban J connectivity index is 1.89. The van der Waals surface area contributed by atoms with E-state index in [4.69, 9.17) is 5.11 Å². The quantitative estimate of drug-likeness (QED) is 0.793. The fourth-order valence-corrected chi connectivity index (χ4v) is 5.80. The predicted octanol–water partition coefficient (Wildman–Crippen LogP) is 1.77. The lowest BCUT2D eigenvalue weighted by molar-refractivity contribution is -0.138. The zero-order valence-electron chi connectivity index (χ0n) is 14.1. The monoisotopic (exact) mass is 346 g/mol. The molecule has 23 heavy (non-hydrogen) atoms. The minimum Gasteiger partial charge on any atom is -0.480 e. The molecule has 0 bridgehead atoms. The molecule has 134 valence electrons. The maximum atomic E-state index is 12.7. The first-order valence-electron chi connectivity index (χ1n) is 8.78. The molecule has 1 saturated heterocycles. The lowest BCUT2D eigenvalue weighted by Crippen LogP contribution is -2.38. The smallest absolute Gasteiger partial charge is 0.317 e. The second kappa shape index (κ2) is 8.44. The Morgan fingerprint density at radius 3 is 2.43 bits per heavy atom. The zero-order chi connectivity index (χ0) is 16.9. The maximum Gasteiger partial charge on any atom is 0.317 e. The average Bonchev–Trinajstić information content (AvgIpc) is 2.73. The van der Waals surface area contributed by atoms with Crippen molar-refractivity contribution in [3.63, 3.8) is 0 Å². The van der Waals surface area contributed by atoms with E-state index >= 15 is 0 Å². The van der Waals surface area contributed by atoms with Crippen LogP contribution >= 0.6 is 0 Å². The molecule has 2 aliphatic rings. The van der Waals surface area contributed by atoms with Crippen molar-refractivity contribution in [2.45, 2.75) is 57.4 Å². The van der Waals surface area contributed by atoms with Gasteiger partial charge in [0.15, 0.2) is 0 Å². The summed E-state index contributed by atoms with van der Waals surface area (Å²) in [6.07, 6.45) is 8.00. The highest BCUT2D eigenvalue weighted by molar-refractivity contribution is 7.89. The summed E-state index contributed by atoms with van der Waals surface area (Å²) in [5, 5.41) is 8.90. The molecule has 0 spiro atoms. The van der Waals surface area contributed by atoms with Gasteiger partial charge in [0, 0.05) is 19.1 Å². The molecular weight excluding hydrogens is 316 g/mol. The minimum atomic E-state index is -3.18. The Kier molecular flexibility index (Phi) is 6.85. The summed E-state index contributed by atoms with van der Waals surface area (Å²) >= 11 is 0. The number of likely N-dealkylation sites (N-methyl/N-ethyl adjacent to an activating group) is 1. The van der Waals surface area contributed by atoms with Crippen molar-refractivity contribution in [1.29, 1.82) is 0 Å². The van der Waals surface area contributed by atoms with Crippen LogP contribution < -0.4 is 0 Å². The SMILES string of the molecule is CN(CC(=O)O)C1CCCN(S(=O)(=O)CC2CCCCC2)CC1. The maximum absolute atomic E-state index is 12.7. The summed E-state index contributed by atoms with van der Waals surface area (Å²) in [5.74, 6) is -0.219. The van der Waals surface area contributed by atoms with Gasteiger partial charge < -0.3 is 5.11 Å². The van der Waals surface area contributed by atoms with Crippen LogP contribution in [0.25, 0.3) is 0 Å². The molecule has 1 heterocycles. The largest absolute Gasteiger partial charge is 0.480 e. The van der Waals surface area contributed by atoms with Crippen LogP contribution in [0.1, 0.15) is 51.4 Å². The van der Waals surface area contributed by atoms with Crippen molar-refractivity contribution in [2.24, 2.45) is 5.92 Å². The van der Waals surface area contributed by atoms with E-state index in [1.54, 1.807) is 4.31 Å². The van der Waals surface area contributed by atoms with E-state index in [2.05, 4.69) is 0 Å². The van der Waals surface area contributed by atoms with E-state index in [0.29, 0.717) is 31.2 Å². The van der Waals surface area contributed by atoms with E-state index in [9.17, 15) is 13.2 Å². The molecule has 1 N–H and O–H groups in total. The van der Waals surface area contributed by atoms with Gasteiger partial charge in [0.2, 0.25) is 10.0 Å². The lowest BCUT2D eigenvalue weighted by Gasteiger charge is -2.27. The normalized spacial score (nSPS) is 25.4. The van der Waals surface area contributed by atoms with Crippen molar-refractivity contribution in [3.8, 4) is 0 Å². The van der Waals surface area contributed by atoms with Gasteiger partial charge in [-0.25, -0.2) is 12.7 Å². The molecule has 1 aliphatic heterocycles. The van der Waals surface area contributed by atoms with Crippen LogP contribution in [-0.4, -0.2) is 67.2 Å². The van der Waals surface area contributed by atoms with Crippen molar-refractivity contribution in [2.75, 3.05) is 32.4 Å². The summed E-state index contributed by atoms with van der Waals surface area (Å²) in [4.78, 5) is 12.7. The average molecular weight is 346 g/mol. The molecule has 2 fully saturated rings. The number of aliphatic carboxylic acids is 1. The Hall–Kier alpha value is -0.660. The first kappa shape index (κ1) is 18.7. The highest BCUT2D eigenvalue weighted by Crippen LogP contribution is 2.27. The van der Waals surface area contributed by atoms with E-state index in [-0.39, 0.29) is 12.6 Å². The fourth-order valence-electron chi connectivity index (χ4n) is 3.87. The minimum absolute atomic E-state index is 0.0134. The predicted molar refractivity (Wildman–Crippen MR) is 89.8 cm³/mol. The van der Waals surface area contributed by atoms with Crippen molar-refractivity contribution < 1.29 is 18.3 Å². The van der Waals surface area contributed by atoms with Crippen LogP contribution in [0.5, 0.6) is 0 Å². The van der Waals surface area contributed by atoms with Gasteiger partial charge >= 0.3 is 5.97 Å². The number of carboxylic acid groups (broad SMARTS) is 1. The molecular formula is C16H30N2O4S.